The Morgan fingerprint density at radius 3 is 2.65 bits per heavy atom. The number of aryl methyl sites for hydroxylation is 1. The zero-order valence-electron chi connectivity index (χ0n) is 10.2. The smallest absolute Gasteiger partial charge is 0.336 e. The number of halogens is 1. The van der Waals surface area contributed by atoms with E-state index in [1.807, 2.05) is 19.1 Å². The highest BCUT2D eigenvalue weighted by molar-refractivity contribution is 9.10. The van der Waals surface area contributed by atoms with Crippen LogP contribution < -0.4 is 5.63 Å². The first-order valence-electron chi connectivity index (χ1n) is 5.70. The summed E-state index contributed by atoms with van der Waals surface area (Å²) in [6, 6.07) is 5.54. The quantitative estimate of drug-likeness (QED) is 0.782. The zero-order valence-corrected chi connectivity index (χ0v) is 11.8. The minimum absolute atomic E-state index is 0.269. The summed E-state index contributed by atoms with van der Waals surface area (Å²) in [4.78, 5) is 11.5. The molecule has 0 unspecified atom stereocenters. The molecule has 0 bridgehead atoms. The highest BCUT2D eigenvalue weighted by Crippen LogP contribution is 2.26. The van der Waals surface area contributed by atoms with Gasteiger partial charge in [-0.3, -0.25) is 0 Å². The van der Waals surface area contributed by atoms with Gasteiger partial charge < -0.3 is 4.42 Å². The Balaban J connectivity index is 2.73. The maximum atomic E-state index is 11.5. The van der Waals surface area contributed by atoms with Crippen molar-refractivity contribution >= 4 is 26.9 Å². The molecule has 2 nitrogen and oxygen atoms in total. The molecule has 0 aliphatic heterocycles. The second kappa shape index (κ2) is 4.65. The van der Waals surface area contributed by atoms with E-state index in [0.29, 0.717) is 11.5 Å². The fourth-order valence-corrected chi connectivity index (χ4v) is 2.30. The molecule has 0 N–H and O–H groups in total. The molecular formula is C14H15BrO2. The van der Waals surface area contributed by atoms with Crippen LogP contribution >= 0.6 is 15.9 Å². The average molecular weight is 295 g/mol. The predicted octanol–water partition coefficient (Wildman–Crippen LogP) is 4.06. The minimum Gasteiger partial charge on any atom is -0.423 e. The molecule has 0 spiro atoms. The van der Waals surface area contributed by atoms with Crippen molar-refractivity contribution in [3.05, 3.63) is 44.2 Å². The Hall–Kier alpha value is -1.09. The summed E-state index contributed by atoms with van der Waals surface area (Å²) in [6.45, 7) is 6.27. The van der Waals surface area contributed by atoms with E-state index in [0.717, 1.165) is 27.4 Å². The predicted molar refractivity (Wildman–Crippen MR) is 73.5 cm³/mol. The van der Waals surface area contributed by atoms with Crippen LogP contribution in [0.5, 0.6) is 0 Å². The third kappa shape index (κ3) is 2.60. The molecule has 0 saturated carbocycles. The van der Waals surface area contributed by atoms with Crippen LogP contribution in [0.3, 0.4) is 0 Å². The average Bonchev–Trinajstić information content (AvgIpc) is 2.20. The van der Waals surface area contributed by atoms with Crippen LogP contribution in [0, 0.1) is 12.8 Å². The lowest BCUT2D eigenvalue weighted by molar-refractivity contribution is 0.554. The van der Waals surface area contributed by atoms with Crippen molar-refractivity contribution in [2.75, 3.05) is 0 Å². The van der Waals surface area contributed by atoms with E-state index in [4.69, 9.17) is 4.42 Å². The van der Waals surface area contributed by atoms with Crippen molar-refractivity contribution in [3.8, 4) is 0 Å². The number of hydrogen-bond donors (Lipinski definition) is 0. The third-order valence-corrected chi connectivity index (χ3v) is 3.59. The Labute approximate surface area is 109 Å². The van der Waals surface area contributed by atoms with E-state index >= 15 is 0 Å². The van der Waals surface area contributed by atoms with Crippen molar-refractivity contribution in [2.45, 2.75) is 27.2 Å². The summed E-state index contributed by atoms with van der Waals surface area (Å²) in [5.74, 6) is 0.514. The minimum atomic E-state index is -0.269. The van der Waals surface area contributed by atoms with Crippen LogP contribution in [-0.4, -0.2) is 0 Å². The lowest BCUT2D eigenvalue weighted by Gasteiger charge is -2.09. The number of hydrogen-bond acceptors (Lipinski definition) is 2. The molecule has 0 amide bonds. The second-order valence-electron chi connectivity index (χ2n) is 4.79. The van der Waals surface area contributed by atoms with Gasteiger partial charge in [-0.05, 0) is 42.5 Å². The van der Waals surface area contributed by atoms with Crippen LogP contribution in [0.15, 0.2) is 31.9 Å². The largest absolute Gasteiger partial charge is 0.423 e. The van der Waals surface area contributed by atoms with Crippen molar-refractivity contribution in [2.24, 2.45) is 5.92 Å². The van der Waals surface area contributed by atoms with Crippen LogP contribution in [0.4, 0.5) is 0 Å². The molecule has 3 heteroatoms. The van der Waals surface area contributed by atoms with Gasteiger partial charge in [-0.25, -0.2) is 4.79 Å². The van der Waals surface area contributed by atoms with Gasteiger partial charge in [0.2, 0.25) is 0 Å². The molecule has 90 valence electrons. The first-order valence-corrected chi connectivity index (χ1v) is 6.49. The molecule has 17 heavy (non-hydrogen) atoms. The summed E-state index contributed by atoms with van der Waals surface area (Å²) in [5, 5.41) is 1.02. The molecule has 0 aliphatic rings. The molecule has 2 aromatic rings. The lowest BCUT2D eigenvalue weighted by atomic mass is 9.99. The number of benzene rings is 1. The summed E-state index contributed by atoms with van der Waals surface area (Å²) in [7, 11) is 0. The molecule has 0 aliphatic carbocycles. The monoisotopic (exact) mass is 294 g/mol. The number of fused-ring (bicyclic) bond motifs is 1. The van der Waals surface area contributed by atoms with Crippen molar-refractivity contribution in [1.29, 1.82) is 0 Å². The van der Waals surface area contributed by atoms with Gasteiger partial charge in [0.15, 0.2) is 0 Å². The Bertz CT molecular complexity index is 611. The van der Waals surface area contributed by atoms with Crippen LogP contribution in [0.2, 0.25) is 0 Å². The molecular weight excluding hydrogens is 280 g/mol. The third-order valence-electron chi connectivity index (χ3n) is 2.74. The van der Waals surface area contributed by atoms with Crippen LogP contribution in [0.1, 0.15) is 25.0 Å². The van der Waals surface area contributed by atoms with Gasteiger partial charge in [0.05, 0.1) is 0 Å². The summed E-state index contributed by atoms with van der Waals surface area (Å²) in [6.07, 6.45) is 0.887. The topological polar surface area (TPSA) is 30.2 Å². The van der Waals surface area contributed by atoms with Gasteiger partial charge in [-0.1, -0.05) is 29.8 Å². The standard InChI is InChI=1S/C14H15BrO2/c1-8(2)4-10-6-14(16)17-13-5-9(3)12(15)7-11(10)13/h5-8H,4H2,1-3H3. The van der Waals surface area contributed by atoms with E-state index in [9.17, 15) is 4.79 Å². The van der Waals surface area contributed by atoms with Gasteiger partial charge in [-0.2, -0.15) is 0 Å². The van der Waals surface area contributed by atoms with E-state index in [1.54, 1.807) is 6.07 Å². The molecule has 0 radical (unpaired) electrons. The van der Waals surface area contributed by atoms with E-state index in [1.165, 1.54) is 0 Å². The van der Waals surface area contributed by atoms with Crippen LogP contribution in [0.25, 0.3) is 11.0 Å². The lowest BCUT2D eigenvalue weighted by Crippen LogP contribution is -2.03. The highest BCUT2D eigenvalue weighted by atomic mass is 79.9. The van der Waals surface area contributed by atoms with Gasteiger partial charge in [0.25, 0.3) is 0 Å². The maximum Gasteiger partial charge on any atom is 0.336 e. The molecule has 1 heterocycles. The van der Waals surface area contributed by atoms with Crippen molar-refractivity contribution in [3.63, 3.8) is 0 Å². The maximum absolute atomic E-state index is 11.5. The summed E-state index contributed by atoms with van der Waals surface area (Å²) in [5.41, 5.74) is 2.54. The van der Waals surface area contributed by atoms with Crippen molar-refractivity contribution in [1.82, 2.24) is 0 Å². The summed E-state index contributed by atoms with van der Waals surface area (Å²) < 4.78 is 6.29. The number of rotatable bonds is 2. The highest BCUT2D eigenvalue weighted by Gasteiger charge is 2.09. The second-order valence-corrected chi connectivity index (χ2v) is 5.64. The Kier molecular flexibility index (Phi) is 3.38. The SMILES string of the molecule is Cc1cc2oc(=O)cc(CC(C)C)c2cc1Br. The van der Waals surface area contributed by atoms with Gasteiger partial charge >= 0.3 is 5.63 Å². The van der Waals surface area contributed by atoms with Gasteiger partial charge in [0.1, 0.15) is 5.58 Å². The van der Waals surface area contributed by atoms with Gasteiger partial charge in [-0.15, -0.1) is 0 Å². The molecule has 0 fully saturated rings. The van der Waals surface area contributed by atoms with Crippen molar-refractivity contribution < 1.29 is 4.42 Å². The fraction of sp³-hybridized carbons (Fsp3) is 0.357. The molecule has 0 atom stereocenters. The molecule has 2 rings (SSSR count). The molecule has 1 aromatic heterocycles. The first kappa shape index (κ1) is 12.4. The van der Waals surface area contributed by atoms with Gasteiger partial charge in [0, 0.05) is 15.9 Å². The zero-order chi connectivity index (χ0) is 12.6. The fourth-order valence-electron chi connectivity index (χ4n) is 1.96. The van der Waals surface area contributed by atoms with E-state index in [-0.39, 0.29) is 5.63 Å². The van der Waals surface area contributed by atoms with E-state index < -0.39 is 0 Å². The molecule has 0 saturated heterocycles. The Morgan fingerprint density at radius 2 is 2.00 bits per heavy atom. The first-order chi connectivity index (χ1) is 7.97. The molecule has 1 aromatic carbocycles. The Morgan fingerprint density at radius 1 is 1.29 bits per heavy atom. The van der Waals surface area contributed by atoms with E-state index in [2.05, 4.69) is 29.8 Å². The van der Waals surface area contributed by atoms with Crippen LogP contribution in [-0.2, 0) is 6.42 Å². The summed E-state index contributed by atoms with van der Waals surface area (Å²) >= 11 is 3.52. The normalized spacial score (nSPS) is 11.4.